The van der Waals surface area contributed by atoms with Crippen LogP contribution in [0, 0.1) is 0 Å². The number of benzene rings is 2. The molecular formula is C21H18ClN3O4S. The number of aryl methyl sites for hydroxylation is 1. The zero-order valence-corrected chi connectivity index (χ0v) is 17.4. The summed E-state index contributed by atoms with van der Waals surface area (Å²) in [7, 11) is -3.52. The fraction of sp³-hybridized carbons (Fsp3) is 0.190. The molecular weight excluding hydrogens is 426 g/mol. The van der Waals surface area contributed by atoms with Crippen LogP contribution in [-0.2, 0) is 27.5 Å². The van der Waals surface area contributed by atoms with Crippen molar-refractivity contribution in [3.63, 3.8) is 0 Å². The zero-order chi connectivity index (χ0) is 21.3. The van der Waals surface area contributed by atoms with Crippen molar-refractivity contribution in [3.05, 3.63) is 64.8 Å². The van der Waals surface area contributed by atoms with Crippen LogP contribution in [0.1, 0.15) is 17.7 Å². The molecule has 2 aromatic carbocycles. The lowest BCUT2D eigenvalue weighted by molar-refractivity contribution is -0.136. The summed E-state index contributed by atoms with van der Waals surface area (Å²) in [6, 6.07) is 13.8. The van der Waals surface area contributed by atoms with Crippen molar-refractivity contribution in [2.45, 2.75) is 24.2 Å². The molecule has 0 amide bonds. The molecule has 0 saturated heterocycles. The number of carboxylic acids is 1. The topological polar surface area (TPSA) is 109 Å². The minimum absolute atomic E-state index is 0.0477. The van der Waals surface area contributed by atoms with Crippen molar-refractivity contribution in [1.82, 2.24) is 9.97 Å². The molecule has 0 saturated carbocycles. The van der Waals surface area contributed by atoms with Crippen LogP contribution in [0.3, 0.4) is 0 Å². The van der Waals surface area contributed by atoms with Crippen LogP contribution in [0.2, 0.25) is 5.02 Å². The number of nitrogens with zero attached hydrogens (tertiary/aromatic N) is 2. The van der Waals surface area contributed by atoms with Gasteiger partial charge in [0, 0.05) is 16.3 Å². The summed E-state index contributed by atoms with van der Waals surface area (Å²) in [5.74, 6) is -0.275. The SMILES string of the molecule is O=C(O)Cc1ccc(Nc2nc(-c3cccc(Cl)c3)nc3c2S(=O)(=O)CCC3)cc1. The second-order valence-corrected chi connectivity index (χ2v) is 9.48. The predicted octanol–water partition coefficient (Wildman–Crippen LogP) is 3.89. The number of fused-ring (bicyclic) bond motifs is 1. The largest absolute Gasteiger partial charge is 0.481 e. The summed E-state index contributed by atoms with van der Waals surface area (Å²) < 4.78 is 25.5. The van der Waals surface area contributed by atoms with Crippen LogP contribution in [-0.4, -0.2) is 35.2 Å². The molecule has 7 nitrogen and oxygen atoms in total. The summed E-state index contributed by atoms with van der Waals surface area (Å²) in [6.07, 6.45) is 0.956. The summed E-state index contributed by atoms with van der Waals surface area (Å²) in [4.78, 5) is 20.0. The van der Waals surface area contributed by atoms with Crippen LogP contribution >= 0.6 is 11.6 Å². The Kier molecular flexibility index (Phi) is 5.44. The zero-order valence-electron chi connectivity index (χ0n) is 15.8. The summed E-state index contributed by atoms with van der Waals surface area (Å²) in [6.45, 7) is 0. The van der Waals surface area contributed by atoms with Crippen LogP contribution in [0.5, 0.6) is 0 Å². The predicted molar refractivity (Wildman–Crippen MR) is 114 cm³/mol. The molecule has 0 spiro atoms. The summed E-state index contributed by atoms with van der Waals surface area (Å²) >= 11 is 6.09. The molecule has 1 aromatic heterocycles. The van der Waals surface area contributed by atoms with E-state index in [1.807, 2.05) is 6.07 Å². The molecule has 1 aliphatic heterocycles. The maximum Gasteiger partial charge on any atom is 0.307 e. The van der Waals surface area contributed by atoms with E-state index >= 15 is 0 Å². The molecule has 4 rings (SSSR count). The fourth-order valence-electron chi connectivity index (χ4n) is 3.38. The van der Waals surface area contributed by atoms with Crippen LogP contribution in [0.15, 0.2) is 53.4 Å². The lowest BCUT2D eigenvalue weighted by atomic mass is 10.1. The summed E-state index contributed by atoms with van der Waals surface area (Å²) in [5, 5.41) is 12.5. The first-order valence-electron chi connectivity index (χ1n) is 9.29. The molecule has 0 radical (unpaired) electrons. The number of hydrogen-bond donors (Lipinski definition) is 2. The van der Waals surface area contributed by atoms with E-state index in [9.17, 15) is 13.2 Å². The van der Waals surface area contributed by atoms with Gasteiger partial charge in [-0.25, -0.2) is 18.4 Å². The van der Waals surface area contributed by atoms with E-state index in [0.717, 1.165) is 0 Å². The molecule has 2 N–H and O–H groups in total. The third-order valence-corrected chi connectivity index (χ3v) is 6.84. The minimum atomic E-state index is -3.52. The number of carboxylic acid groups (broad SMARTS) is 1. The normalized spacial score (nSPS) is 14.7. The van der Waals surface area contributed by atoms with E-state index in [-0.39, 0.29) is 22.9 Å². The maximum absolute atomic E-state index is 12.8. The first-order chi connectivity index (χ1) is 14.3. The lowest BCUT2D eigenvalue weighted by Crippen LogP contribution is -2.20. The Morgan fingerprint density at radius 1 is 1.13 bits per heavy atom. The Morgan fingerprint density at radius 3 is 2.60 bits per heavy atom. The number of halogens is 1. The number of aliphatic carboxylic acids is 1. The molecule has 0 atom stereocenters. The van der Waals surface area contributed by atoms with Gasteiger partial charge in [0.2, 0.25) is 0 Å². The standard InChI is InChI=1S/C21H18ClN3O4S/c22-15-4-1-3-14(12-15)20-24-17-5-2-10-30(28,29)19(17)21(25-20)23-16-8-6-13(7-9-16)11-18(26)27/h1,3-4,6-9,12H,2,5,10-11H2,(H,26,27)(H,23,24,25). The minimum Gasteiger partial charge on any atom is -0.481 e. The van der Waals surface area contributed by atoms with Gasteiger partial charge in [-0.3, -0.25) is 4.79 Å². The van der Waals surface area contributed by atoms with Gasteiger partial charge in [-0.15, -0.1) is 0 Å². The van der Waals surface area contributed by atoms with E-state index in [0.29, 0.717) is 46.2 Å². The van der Waals surface area contributed by atoms with E-state index in [4.69, 9.17) is 16.7 Å². The van der Waals surface area contributed by atoms with Crippen LogP contribution in [0.4, 0.5) is 11.5 Å². The average Bonchev–Trinajstić information content (AvgIpc) is 2.68. The van der Waals surface area contributed by atoms with Gasteiger partial charge in [-0.05, 0) is 42.7 Å². The molecule has 2 heterocycles. The second-order valence-electron chi connectivity index (χ2n) is 7.00. The highest BCUT2D eigenvalue weighted by Crippen LogP contribution is 2.33. The number of carbonyl (C=O) groups is 1. The van der Waals surface area contributed by atoms with Gasteiger partial charge in [-0.2, -0.15) is 0 Å². The Labute approximate surface area is 178 Å². The molecule has 154 valence electrons. The van der Waals surface area contributed by atoms with Gasteiger partial charge < -0.3 is 10.4 Å². The molecule has 1 aliphatic rings. The molecule has 0 fully saturated rings. The highest BCUT2D eigenvalue weighted by atomic mass is 35.5. The third kappa shape index (κ3) is 4.29. The van der Waals surface area contributed by atoms with Crippen molar-refractivity contribution in [2.75, 3.05) is 11.1 Å². The van der Waals surface area contributed by atoms with E-state index in [1.165, 1.54) is 0 Å². The number of sulfone groups is 1. The Hall–Kier alpha value is -2.97. The molecule has 0 bridgehead atoms. The van der Waals surface area contributed by atoms with Gasteiger partial charge in [0.15, 0.2) is 21.5 Å². The quantitative estimate of drug-likeness (QED) is 0.615. The van der Waals surface area contributed by atoms with Crippen LogP contribution in [0.25, 0.3) is 11.4 Å². The van der Waals surface area contributed by atoms with Crippen molar-refractivity contribution in [1.29, 1.82) is 0 Å². The number of nitrogens with one attached hydrogen (secondary N) is 1. The van der Waals surface area contributed by atoms with Crippen molar-refractivity contribution in [3.8, 4) is 11.4 Å². The average molecular weight is 444 g/mol. The molecule has 9 heteroatoms. The first-order valence-corrected chi connectivity index (χ1v) is 11.3. The molecule has 0 aliphatic carbocycles. The van der Waals surface area contributed by atoms with Crippen molar-refractivity contribution >= 4 is 38.9 Å². The lowest BCUT2D eigenvalue weighted by Gasteiger charge is -2.20. The van der Waals surface area contributed by atoms with Gasteiger partial charge in [0.05, 0.1) is 17.9 Å². The maximum atomic E-state index is 12.8. The smallest absolute Gasteiger partial charge is 0.307 e. The first kappa shape index (κ1) is 20.3. The number of anilines is 2. The second kappa shape index (κ2) is 8.04. The fourth-order valence-corrected chi connectivity index (χ4v) is 5.20. The Morgan fingerprint density at radius 2 is 1.90 bits per heavy atom. The molecule has 30 heavy (non-hydrogen) atoms. The number of hydrogen-bond acceptors (Lipinski definition) is 6. The summed E-state index contributed by atoms with van der Waals surface area (Å²) in [5.41, 5.74) is 2.41. The van der Waals surface area contributed by atoms with Crippen molar-refractivity contribution in [2.24, 2.45) is 0 Å². The molecule has 0 unspecified atom stereocenters. The van der Waals surface area contributed by atoms with E-state index < -0.39 is 15.8 Å². The Balaban J connectivity index is 1.79. The van der Waals surface area contributed by atoms with Gasteiger partial charge in [0.25, 0.3) is 0 Å². The van der Waals surface area contributed by atoms with Crippen LogP contribution < -0.4 is 5.32 Å². The van der Waals surface area contributed by atoms with E-state index in [2.05, 4.69) is 15.3 Å². The monoisotopic (exact) mass is 443 g/mol. The van der Waals surface area contributed by atoms with Gasteiger partial charge in [0.1, 0.15) is 4.90 Å². The molecule has 3 aromatic rings. The highest BCUT2D eigenvalue weighted by molar-refractivity contribution is 7.91. The third-order valence-electron chi connectivity index (χ3n) is 4.73. The number of aromatic nitrogens is 2. The Bertz CT molecular complexity index is 1230. The van der Waals surface area contributed by atoms with Gasteiger partial charge in [-0.1, -0.05) is 35.9 Å². The van der Waals surface area contributed by atoms with Gasteiger partial charge >= 0.3 is 5.97 Å². The van der Waals surface area contributed by atoms with Crippen molar-refractivity contribution < 1.29 is 18.3 Å². The highest BCUT2D eigenvalue weighted by Gasteiger charge is 2.30. The van der Waals surface area contributed by atoms with E-state index in [1.54, 1.807) is 42.5 Å². The number of rotatable bonds is 5.